The maximum atomic E-state index is 12.4. The number of nitrogens with zero attached hydrogens (tertiary/aromatic N) is 1. The van der Waals surface area contributed by atoms with Crippen LogP contribution in [0.25, 0.3) is 0 Å². The molecule has 1 aromatic rings. The minimum atomic E-state index is -2.98. The Morgan fingerprint density at radius 3 is 2.81 bits per heavy atom. The predicted octanol–water partition coefficient (Wildman–Crippen LogP) is 2.28. The summed E-state index contributed by atoms with van der Waals surface area (Å²) in [4.78, 5) is 24.8. The number of amides is 1. The van der Waals surface area contributed by atoms with Gasteiger partial charge in [0.2, 0.25) is 0 Å². The standard InChI is InChI=1S/C13H13F2NO4S/c1-7-16(10(6-21-7)12(18)19)11(17)8-3-2-4-9(5-8)20-13(14)15/h2-5,7,10,13H,6H2,1H3,(H,18,19). The van der Waals surface area contributed by atoms with Crippen LogP contribution in [0.3, 0.4) is 0 Å². The molecule has 1 aliphatic heterocycles. The van der Waals surface area contributed by atoms with E-state index in [1.165, 1.54) is 40.9 Å². The summed E-state index contributed by atoms with van der Waals surface area (Å²) in [7, 11) is 0. The van der Waals surface area contributed by atoms with Gasteiger partial charge in [-0.05, 0) is 25.1 Å². The Balaban J connectivity index is 2.24. The number of hydrogen-bond acceptors (Lipinski definition) is 4. The second-order valence-corrected chi connectivity index (χ2v) is 5.75. The second-order valence-electron chi connectivity index (χ2n) is 4.41. The Bertz CT molecular complexity index is 555. The Hall–Kier alpha value is -1.83. The molecule has 2 atom stereocenters. The number of ether oxygens (including phenoxy) is 1. The van der Waals surface area contributed by atoms with Crippen LogP contribution in [0.1, 0.15) is 17.3 Å². The number of carboxylic acid groups (broad SMARTS) is 1. The topological polar surface area (TPSA) is 66.8 Å². The van der Waals surface area contributed by atoms with E-state index in [1.54, 1.807) is 6.92 Å². The van der Waals surface area contributed by atoms with Crippen molar-refractivity contribution in [1.29, 1.82) is 0 Å². The van der Waals surface area contributed by atoms with Gasteiger partial charge in [0.25, 0.3) is 5.91 Å². The maximum Gasteiger partial charge on any atom is 0.387 e. The van der Waals surface area contributed by atoms with Crippen LogP contribution in [0, 0.1) is 0 Å². The molecule has 1 saturated heterocycles. The lowest BCUT2D eigenvalue weighted by molar-refractivity contribution is -0.141. The van der Waals surface area contributed by atoms with E-state index >= 15 is 0 Å². The molecule has 1 fully saturated rings. The number of benzene rings is 1. The number of halogens is 2. The van der Waals surface area contributed by atoms with E-state index in [1.807, 2.05) is 0 Å². The van der Waals surface area contributed by atoms with E-state index in [-0.39, 0.29) is 16.7 Å². The summed E-state index contributed by atoms with van der Waals surface area (Å²) in [5.74, 6) is -1.43. The quantitative estimate of drug-likeness (QED) is 0.923. The molecule has 0 saturated carbocycles. The molecule has 0 bridgehead atoms. The fourth-order valence-corrected chi connectivity index (χ4v) is 3.26. The summed E-state index contributed by atoms with van der Waals surface area (Å²) in [5, 5.41) is 8.85. The van der Waals surface area contributed by atoms with Crippen molar-refractivity contribution in [3.8, 4) is 5.75 Å². The van der Waals surface area contributed by atoms with Crippen molar-refractivity contribution in [3.05, 3.63) is 29.8 Å². The highest BCUT2D eigenvalue weighted by molar-refractivity contribution is 8.00. The summed E-state index contributed by atoms with van der Waals surface area (Å²) in [5.41, 5.74) is 0.119. The van der Waals surface area contributed by atoms with Gasteiger partial charge in [0.05, 0.1) is 5.37 Å². The third kappa shape index (κ3) is 3.44. The highest BCUT2D eigenvalue weighted by Gasteiger charge is 2.39. The van der Waals surface area contributed by atoms with Crippen LogP contribution in [0.2, 0.25) is 0 Å². The third-order valence-electron chi connectivity index (χ3n) is 3.05. The zero-order chi connectivity index (χ0) is 15.6. The first-order valence-electron chi connectivity index (χ1n) is 6.12. The molecular weight excluding hydrogens is 304 g/mol. The number of alkyl halides is 2. The van der Waals surface area contributed by atoms with Crippen molar-refractivity contribution < 1.29 is 28.2 Å². The van der Waals surface area contributed by atoms with Gasteiger partial charge in [-0.25, -0.2) is 4.79 Å². The number of thioether (sulfide) groups is 1. The molecule has 2 rings (SSSR count). The highest BCUT2D eigenvalue weighted by atomic mass is 32.2. The molecule has 2 unspecified atom stereocenters. The van der Waals surface area contributed by atoms with E-state index in [0.717, 1.165) is 0 Å². The maximum absolute atomic E-state index is 12.4. The van der Waals surface area contributed by atoms with Gasteiger partial charge in [0.15, 0.2) is 0 Å². The van der Waals surface area contributed by atoms with E-state index in [4.69, 9.17) is 5.11 Å². The van der Waals surface area contributed by atoms with Crippen LogP contribution < -0.4 is 4.74 Å². The molecule has 1 N–H and O–H groups in total. The van der Waals surface area contributed by atoms with Gasteiger partial charge < -0.3 is 14.7 Å². The lowest BCUT2D eigenvalue weighted by Gasteiger charge is -2.25. The third-order valence-corrected chi connectivity index (χ3v) is 4.27. The van der Waals surface area contributed by atoms with E-state index in [2.05, 4.69) is 4.74 Å². The van der Waals surface area contributed by atoms with Gasteiger partial charge in [-0.15, -0.1) is 11.8 Å². The van der Waals surface area contributed by atoms with Crippen LogP contribution in [0.5, 0.6) is 5.75 Å². The van der Waals surface area contributed by atoms with Crippen LogP contribution in [-0.4, -0.2) is 45.7 Å². The fourth-order valence-electron chi connectivity index (χ4n) is 2.10. The number of rotatable bonds is 4. The van der Waals surface area contributed by atoms with Crippen molar-refractivity contribution in [2.24, 2.45) is 0 Å². The normalized spacial score (nSPS) is 21.6. The first-order valence-corrected chi connectivity index (χ1v) is 7.17. The van der Waals surface area contributed by atoms with Crippen molar-refractivity contribution in [1.82, 2.24) is 4.90 Å². The first kappa shape index (κ1) is 15.6. The summed E-state index contributed by atoms with van der Waals surface area (Å²) >= 11 is 1.35. The van der Waals surface area contributed by atoms with Crippen LogP contribution >= 0.6 is 11.8 Å². The number of carboxylic acids is 1. The molecule has 114 valence electrons. The molecule has 0 radical (unpaired) electrons. The molecule has 0 spiro atoms. The number of hydrogen-bond donors (Lipinski definition) is 1. The van der Waals surface area contributed by atoms with Gasteiger partial charge in [0, 0.05) is 11.3 Å². The Morgan fingerprint density at radius 1 is 1.48 bits per heavy atom. The molecule has 1 heterocycles. The molecule has 8 heteroatoms. The minimum absolute atomic E-state index is 0.119. The van der Waals surface area contributed by atoms with Gasteiger partial charge in [-0.2, -0.15) is 8.78 Å². The number of carbonyl (C=O) groups is 2. The van der Waals surface area contributed by atoms with Crippen molar-refractivity contribution in [2.45, 2.75) is 25.0 Å². The van der Waals surface area contributed by atoms with Crippen LogP contribution in [-0.2, 0) is 4.79 Å². The summed E-state index contributed by atoms with van der Waals surface area (Å²) in [6.45, 7) is -1.26. The van der Waals surface area contributed by atoms with E-state index in [9.17, 15) is 18.4 Å². The molecular formula is C13H13F2NO4S. The first-order chi connectivity index (χ1) is 9.90. The average molecular weight is 317 g/mol. The van der Waals surface area contributed by atoms with Crippen molar-refractivity contribution in [2.75, 3.05) is 5.75 Å². The SMILES string of the molecule is CC1SCC(C(=O)O)N1C(=O)c1cccc(OC(F)F)c1. The largest absolute Gasteiger partial charge is 0.480 e. The van der Waals surface area contributed by atoms with Crippen molar-refractivity contribution >= 4 is 23.6 Å². The Morgan fingerprint density at radius 2 is 2.19 bits per heavy atom. The zero-order valence-corrected chi connectivity index (χ0v) is 11.8. The van der Waals surface area contributed by atoms with Crippen LogP contribution in [0.15, 0.2) is 24.3 Å². The minimum Gasteiger partial charge on any atom is -0.480 e. The lowest BCUT2D eigenvalue weighted by Crippen LogP contribution is -2.44. The average Bonchev–Trinajstić information content (AvgIpc) is 2.79. The summed E-state index contributed by atoms with van der Waals surface area (Å²) in [6.07, 6.45) is 0. The molecule has 0 aromatic heterocycles. The van der Waals surface area contributed by atoms with Crippen molar-refractivity contribution in [3.63, 3.8) is 0 Å². The van der Waals surface area contributed by atoms with Gasteiger partial charge in [0.1, 0.15) is 11.8 Å². The molecule has 21 heavy (non-hydrogen) atoms. The lowest BCUT2D eigenvalue weighted by atomic mass is 10.1. The van der Waals surface area contributed by atoms with E-state index in [0.29, 0.717) is 5.75 Å². The van der Waals surface area contributed by atoms with Crippen LogP contribution in [0.4, 0.5) is 8.78 Å². The van der Waals surface area contributed by atoms with Gasteiger partial charge in [-0.3, -0.25) is 4.79 Å². The monoisotopic (exact) mass is 317 g/mol. The summed E-state index contributed by atoms with van der Waals surface area (Å²) in [6, 6.07) is 4.42. The second kappa shape index (κ2) is 6.30. The fraction of sp³-hybridized carbons (Fsp3) is 0.385. The smallest absolute Gasteiger partial charge is 0.387 e. The van der Waals surface area contributed by atoms with Gasteiger partial charge in [-0.1, -0.05) is 6.07 Å². The molecule has 5 nitrogen and oxygen atoms in total. The van der Waals surface area contributed by atoms with Gasteiger partial charge >= 0.3 is 12.6 Å². The molecule has 1 amide bonds. The molecule has 1 aromatic carbocycles. The Kier molecular flexibility index (Phi) is 4.66. The highest BCUT2D eigenvalue weighted by Crippen LogP contribution is 2.31. The van der Waals surface area contributed by atoms with E-state index < -0.39 is 24.5 Å². The number of carbonyl (C=O) groups excluding carboxylic acids is 1. The molecule has 1 aliphatic rings. The number of aliphatic carboxylic acids is 1. The Labute approximate surface area is 123 Å². The summed E-state index contributed by atoms with van der Waals surface area (Å²) < 4.78 is 28.6. The molecule has 0 aliphatic carbocycles. The zero-order valence-electron chi connectivity index (χ0n) is 11.0. The predicted molar refractivity (Wildman–Crippen MR) is 72.6 cm³/mol.